The molecule has 2 aromatic heterocycles. The van der Waals surface area contributed by atoms with Crippen LogP contribution in [0.4, 0.5) is 0 Å². The number of thiazole rings is 1. The van der Waals surface area contributed by atoms with Gasteiger partial charge in [0.1, 0.15) is 5.82 Å². The fourth-order valence-electron chi connectivity index (χ4n) is 2.41. The molecule has 0 aliphatic heterocycles. The zero-order valence-corrected chi connectivity index (χ0v) is 13.3. The van der Waals surface area contributed by atoms with Gasteiger partial charge in [0.15, 0.2) is 0 Å². The van der Waals surface area contributed by atoms with Crippen LogP contribution < -0.4 is 0 Å². The summed E-state index contributed by atoms with van der Waals surface area (Å²) in [5.74, 6) is 0.919. The molecule has 2 heterocycles. The Morgan fingerprint density at radius 2 is 2.15 bits per heavy atom. The minimum atomic E-state index is -0.115. The smallest absolute Gasteiger partial charge is 0.128 e. The molecule has 20 heavy (non-hydrogen) atoms. The number of alkyl halides is 1. The number of rotatable bonds is 3. The van der Waals surface area contributed by atoms with E-state index in [0.29, 0.717) is 0 Å². The Kier molecular flexibility index (Phi) is 3.52. The number of aryl methyl sites for hydroxylation is 2. The van der Waals surface area contributed by atoms with Crippen molar-refractivity contribution in [2.45, 2.75) is 32.7 Å². The van der Waals surface area contributed by atoms with E-state index in [0.717, 1.165) is 28.4 Å². The maximum absolute atomic E-state index is 6.31. The summed E-state index contributed by atoms with van der Waals surface area (Å²) in [5, 5.41) is 0.969. The molecule has 5 heteroatoms. The van der Waals surface area contributed by atoms with E-state index in [1.165, 1.54) is 10.4 Å². The Balaban J connectivity index is 2.16. The number of halogens is 1. The van der Waals surface area contributed by atoms with Crippen LogP contribution in [0.2, 0.25) is 0 Å². The standard InChI is InChI=1S/C15H16ClN3S/c1-9-5-4-6-13-14(9)18-15(10(2)16)19(13)8-12-7-17-11(3)20-12/h4-7,10H,8H2,1-3H3. The lowest BCUT2D eigenvalue weighted by Gasteiger charge is -2.09. The molecule has 3 aromatic rings. The van der Waals surface area contributed by atoms with Gasteiger partial charge in [-0.1, -0.05) is 12.1 Å². The van der Waals surface area contributed by atoms with Crippen molar-refractivity contribution in [3.63, 3.8) is 0 Å². The molecule has 1 atom stereocenters. The van der Waals surface area contributed by atoms with Crippen molar-refractivity contribution in [3.05, 3.63) is 45.7 Å². The van der Waals surface area contributed by atoms with Gasteiger partial charge in [-0.25, -0.2) is 9.97 Å². The van der Waals surface area contributed by atoms with Crippen LogP contribution in [0.15, 0.2) is 24.4 Å². The van der Waals surface area contributed by atoms with Crippen molar-refractivity contribution in [1.29, 1.82) is 0 Å². The van der Waals surface area contributed by atoms with Crippen molar-refractivity contribution in [1.82, 2.24) is 14.5 Å². The zero-order chi connectivity index (χ0) is 14.3. The first-order chi connectivity index (χ1) is 9.56. The van der Waals surface area contributed by atoms with Crippen LogP contribution in [0.3, 0.4) is 0 Å². The summed E-state index contributed by atoms with van der Waals surface area (Å²) >= 11 is 8.02. The van der Waals surface area contributed by atoms with Crippen LogP contribution in [0, 0.1) is 13.8 Å². The molecule has 0 N–H and O–H groups in total. The van der Waals surface area contributed by atoms with Crippen molar-refractivity contribution in [2.75, 3.05) is 0 Å². The average Bonchev–Trinajstić information content (AvgIpc) is 2.96. The monoisotopic (exact) mass is 305 g/mol. The SMILES string of the molecule is Cc1ncc(Cn2c(C(C)Cl)nc3c(C)cccc32)s1. The van der Waals surface area contributed by atoms with E-state index in [4.69, 9.17) is 16.6 Å². The van der Waals surface area contributed by atoms with Gasteiger partial charge in [-0.3, -0.25) is 0 Å². The summed E-state index contributed by atoms with van der Waals surface area (Å²) in [7, 11) is 0. The van der Waals surface area contributed by atoms with E-state index in [9.17, 15) is 0 Å². The van der Waals surface area contributed by atoms with Crippen LogP contribution >= 0.6 is 22.9 Å². The van der Waals surface area contributed by atoms with Crippen LogP contribution in [-0.4, -0.2) is 14.5 Å². The quantitative estimate of drug-likeness (QED) is 0.669. The van der Waals surface area contributed by atoms with E-state index in [2.05, 4.69) is 34.7 Å². The first kappa shape index (κ1) is 13.6. The summed E-state index contributed by atoms with van der Waals surface area (Å²) in [4.78, 5) is 10.3. The molecule has 104 valence electrons. The number of nitrogens with zero attached hydrogens (tertiary/aromatic N) is 3. The molecule has 0 radical (unpaired) electrons. The lowest BCUT2D eigenvalue weighted by atomic mass is 10.2. The fraction of sp³-hybridized carbons (Fsp3) is 0.333. The summed E-state index contributed by atoms with van der Waals surface area (Å²) in [5.41, 5.74) is 3.36. The van der Waals surface area contributed by atoms with E-state index in [-0.39, 0.29) is 5.38 Å². The number of imidazole rings is 1. The zero-order valence-electron chi connectivity index (χ0n) is 11.7. The highest BCUT2D eigenvalue weighted by Gasteiger charge is 2.16. The number of benzene rings is 1. The van der Waals surface area contributed by atoms with Gasteiger partial charge in [0.2, 0.25) is 0 Å². The second-order valence-corrected chi connectivity index (χ2v) is 6.93. The van der Waals surface area contributed by atoms with Crippen molar-refractivity contribution >= 4 is 34.0 Å². The molecule has 0 saturated heterocycles. The predicted octanol–water partition coefficient (Wildman–Crippen LogP) is 4.46. The molecule has 0 fully saturated rings. The predicted molar refractivity (Wildman–Crippen MR) is 84.7 cm³/mol. The Morgan fingerprint density at radius 1 is 1.35 bits per heavy atom. The average molecular weight is 306 g/mol. The maximum Gasteiger partial charge on any atom is 0.128 e. The Hall–Kier alpha value is -1.39. The summed E-state index contributed by atoms with van der Waals surface area (Å²) < 4.78 is 2.20. The summed E-state index contributed by atoms with van der Waals surface area (Å²) in [6.07, 6.45) is 1.93. The highest BCUT2D eigenvalue weighted by Crippen LogP contribution is 2.28. The van der Waals surface area contributed by atoms with Gasteiger partial charge >= 0.3 is 0 Å². The topological polar surface area (TPSA) is 30.7 Å². The van der Waals surface area contributed by atoms with Crippen LogP contribution in [0.25, 0.3) is 11.0 Å². The third-order valence-corrected chi connectivity index (χ3v) is 4.44. The lowest BCUT2D eigenvalue weighted by molar-refractivity contribution is 0.749. The Morgan fingerprint density at radius 3 is 2.80 bits per heavy atom. The van der Waals surface area contributed by atoms with Gasteiger partial charge in [-0.15, -0.1) is 22.9 Å². The second kappa shape index (κ2) is 5.19. The second-order valence-electron chi connectivity index (χ2n) is 4.96. The molecule has 0 bridgehead atoms. The normalized spacial score (nSPS) is 13.0. The molecule has 3 rings (SSSR count). The van der Waals surface area contributed by atoms with Crippen molar-refractivity contribution in [2.24, 2.45) is 0 Å². The first-order valence-electron chi connectivity index (χ1n) is 6.57. The molecule has 3 nitrogen and oxygen atoms in total. The van der Waals surface area contributed by atoms with Gasteiger partial charge in [0, 0.05) is 11.1 Å². The van der Waals surface area contributed by atoms with Gasteiger partial charge in [-0.2, -0.15) is 0 Å². The van der Waals surface area contributed by atoms with Crippen LogP contribution in [0.5, 0.6) is 0 Å². The summed E-state index contributed by atoms with van der Waals surface area (Å²) in [6, 6.07) is 6.25. The van der Waals surface area contributed by atoms with Gasteiger partial charge in [-0.05, 0) is 32.4 Å². The number of aromatic nitrogens is 3. The van der Waals surface area contributed by atoms with E-state index < -0.39 is 0 Å². The van der Waals surface area contributed by atoms with E-state index in [1.54, 1.807) is 11.3 Å². The number of para-hydroxylation sites is 1. The minimum Gasteiger partial charge on any atom is -0.321 e. The number of hydrogen-bond donors (Lipinski definition) is 0. The third kappa shape index (κ3) is 2.34. The Labute approximate surface area is 127 Å². The molecule has 0 aliphatic carbocycles. The van der Waals surface area contributed by atoms with Crippen LogP contribution in [0.1, 0.15) is 33.6 Å². The number of fused-ring (bicyclic) bond motifs is 1. The molecule has 0 amide bonds. The molecule has 0 spiro atoms. The highest BCUT2D eigenvalue weighted by atomic mass is 35.5. The maximum atomic E-state index is 6.31. The van der Waals surface area contributed by atoms with Gasteiger partial charge in [0.05, 0.1) is 28.0 Å². The van der Waals surface area contributed by atoms with Crippen molar-refractivity contribution < 1.29 is 0 Å². The van der Waals surface area contributed by atoms with E-state index in [1.807, 2.05) is 20.0 Å². The molecule has 1 aromatic carbocycles. The molecular weight excluding hydrogens is 290 g/mol. The molecule has 0 saturated carbocycles. The minimum absolute atomic E-state index is 0.115. The van der Waals surface area contributed by atoms with E-state index >= 15 is 0 Å². The van der Waals surface area contributed by atoms with Crippen molar-refractivity contribution in [3.8, 4) is 0 Å². The van der Waals surface area contributed by atoms with Gasteiger partial charge in [0.25, 0.3) is 0 Å². The molecule has 0 aliphatic rings. The first-order valence-corrected chi connectivity index (χ1v) is 7.82. The van der Waals surface area contributed by atoms with Gasteiger partial charge < -0.3 is 4.57 Å². The molecule has 1 unspecified atom stereocenters. The third-order valence-electron chi connectivity index (χ3n) is 3.35. The Bertz CT molecular complexity index is 758. The lowest BCUT2D eigenvalue weighted by Crippen LogP contribution is -2.04. The summed E-state index contributed by atoms with van der Waals surface area (Å²) in [6.45, 7) is 6.85. The number of hydrogen-bond acceptors (Lipinski definition) is 3. The largest absolute Gasteiger partial charge is 0.321 e. The highest BCUT2D eigenvalue weighted by molar-refractivity contribution is 7.11. The van der Waals surface area contributed by atoms with Crippen LogP contribution in [-0.2, 0) is 6.54 Å². The molecular formula is C15H16ClN3S. The fourth-order valence-corrected chi connectivity index (χ4v) is 3.36.